The smallest absolute Gasteiger partial charge is 0.0721 e. The number of para-hydroxylation sites is 3. The summed E-state index contributed by atoms with van der Waals surface area (Å²) in [6.07, 6.45) is 0. The Bertz CT molecular complexity index is 3810. The Morgan fingerprint density at radius 2 is 0.592 bits per heavy atom. The van der Waals surface area contributed by atoms with Crippen LogP contribution in [-0.2, 0) is 10.8 Å². The molecule has 1 spiro atoms. The van der Waals surface area contributed by atoms with Crippen molar-refractivity contribution in [3.8, 4) is 11.1 Å². The van der Waals surface area contributed by atoms with Crippen LogP contribution in [0.1, 0.15) is 44.5 Å². The molecule has 0 saturated carbocycles. The van der Waals surface area contributed by atoms with Crippen LogP contribution < -0.4 is 9.80 Å². The maximum Gasteiger partial charge on any atom is 0.0721 e. The Hall–Kier alpha value is -8.76. The minimum atomic E-state index is -0.730. The van der Waals surface area contributed by atoms with Gasteiger partial charge in [-0.05, 0) is 141 Å². The summed E-state index contributed by atoms with van der Waals surface area (Å²) < 4.78 is 2.59. The molecular weight excluding hydrogens is 877 g/mol. The monoisotopic (exact) mass is 922 g/mol. The number of hydrogen-bond donors (Lipinski definition) is 0. The first-order chi connectivity index (χ1) is 35.2. The van der Waals surface area contributed by atoms with Crippen molar-refractivity contribution < 1.29 is 0 Å². The number of rotatable bonds is 8. The van der Waals surface area contributed by atoms with Crippen molar-refractivity contribution in [2.75, 3.05) is 9.80 Å². The van der Waals surface area contributed by atoms with Crippen molar-refractivity contribution in [3.63, 3.8) is 0 Å². The van der Waals surface area contributed by atoms with E-state index >= 15 is 0 Å². The first-order valence-corrected chi connectivity index (χ1v) is 25.3. The summed E-state index contributed by atoms with van der Waals surface area (Å²) in [6, 6.07) is 104. The summed E-state index contributed by atoms with van der Waals surface area (Å²) in [4.78, 5) is 4.86. The number of thiophene rings is 1. The standard InChI is InChI=1S/C68H46N2S/c1-6-22-47(23-7-1)67(48-24-8-2-9-25-48)59-33-17-19-35-61(59)68(62-36-20-18-34-60(62)67)63-45-53(69(49-26-10-3-11-27-49)50-28-12-4-13-29-50)38-41-55(63)56-42-39-54(46-64(56)68)70(51-30-14-5-15-31-51)52-40-43-66-58(44-52)57-32-16-21-37-65(57)71-66/h1-46H. The zero-order chi connectivity index (χ0) is 46.9. The van der Waals surface area contributed by atoms with Crippen LogP contribution in [0.5, 0.6) is 0 Å². The molecular formula is C68H46N2S. The number of anilines is 6. The van der Waals surface area contributed by atoms with Crippen LogP contribution >= 0.6 is 11.3 Å². The van der Waals surface area contributed by atoms with E-state index in [9.17, 15) is 0 Å². The van der Waals surface area contributed by atoms with Crippen molar-refractivity contribution in [2.24, 2.45) is 0 Å². The maximum absolute atomic E-state index is 2.52. The molecule has 0 atom stereocenters. The lowest BCUT2D eigenvalue weighted by Crippen LogP contribution is -2.44. The molecule has 1 heterocycles. The van der Waals surface area contributed by atoms with E-state index in [2.05, 4.69) is 289 Å². The second kappa shape index (κ2) is 16.4. The van der Waals surface area contributed by atoms with Crippen LogP contribution in [0.25, 0.3) is 31.3 Å². The van der Waals surface area contributed by atoms with Gasteiger partial charge in [-0.25, -0.2) is 0 Å². The summed E-state index contributed by atoms with van der Waals surface area (Å²) in [5.74, 6) is 0. The van der Waals surface area contributed by atoms with Crippen molar-refractivity contribution in [1.82, 2.24) is 0 Å². The molecule has 2 nitrogen and oxygen atoms in total. The van der Waals surface area contributed by atoms with Gasteiger partial charge in [0.05, 0.1) is 10.8 Å². The first-order valence-electron chi connectivity index (χ1n) is 24.5. The molecule has 0 N–H and O–H groups in total. The van der Waals surface area contributed by atoms with Gasteiger partial charge in [-0.2, -0.15) is 0 Å². The van der Waals surface area contributed by atoms with Crippen LogP contribution in [0.15, 0.2) is 279 Å². The van der Waals surface area contributed by atoms with Crippen LogP contribution in [-0.4, -0.2) is 0 Å². The average molecular weight is 923 g/mol. The molecule has 334 valence electrons. The molecule has 14 rings (SSSR count). The average Bonchev–Trinajstić information content (AvgIpc) is 3.96. The number of benzene rings is 11. The molecule has 0 saturated heterocycles. The van der Waals surface area contributed by atoms with Crippen molar-refractivity contribution in [2.45, 2.75) is 10.8 Å². The van der Waals surface area contributed by atoms with Gasteiger partial charge >= 0.3 is 0 Å². The summed E-state index contributed by atoms with van der Waals surface area (Å²) in [5, 5.41) is 2.56. The maximum atomic E-state index is 2.52. The van der Waals surface area contributed by atoms with Gasteiger partial charge in [0.25, 0.3) is 0 Å². The molecule has 0 aliphatic heterocycles. The van der Waals surface area contributed by atoms with Crippen molar-refractivity contribution in [1.29, 1.82) is 0 Å². The molecule has 1 aromatic heterocycles. The minimum absolute atomic E-state index is 0.617. The predicted octanol–water partition coefficient (Wildman–Crippen LogP) is 18.1. The first kappa shape index (κ1) is 41.2. The number of nitrogens with zero attached hydrogens (tertiary/aromatic N) is 2. The van der Waals surface area contributed by atoms with Gasteiger partial charge in [-0.3, -0.25) is 0 Å². The topological polar surface area (TPSA) is 6.48 Å². The quantitative estimate of drug-likeness (QED) is 0.150. The Morgan fingerprint density at radius 3 is 1.07 bits per heavy atom. The molecule has 71 heavy (non-hydrogen) atoms. The van der Waals surface area contributed by atoms with E-state index in [-0.39, 0.29) is 0 Å². The van der Waals surface area contributed by atoms with E-state index in [0.29, 0.717) is 0 Å². The van der Waals surface area contributed by atoms with Gasteiger partial charge in [0, 0.05) is 54.3 Å². The molecule has 3 heteroatoms. The minimum Gasteiger partial charge on any atom is -0.310 e. The van der Waals surface area contributed by atoms with Crippen LogP contribution in [0.4, 0.5) is 34.1 Å². The fraction of sp³-hybridized carbons (Fsp3) is 0.0294. The van der Waals surface area contributed by atoms with Gasteiger partial charge < -0.3 is 9.80 Å². The third-order valence-electron chi connectivity index (χ3n) is 15.2. The number of hydrogen-bond acceptors (Lipinski definition) is 3. The van der Waals surface area contributed by atoms with E-state index in [4.69, 9.17) is 0 Å². The highest BCUT2D eigenvalue weighted by Gasteiger charge is 2.57. The van der Waals surface area contributed by atoms with E-state index in [1.807, 2.05) is 11.3 Å². The highest BCUT2D eigenvalue weighted by Crippen LogP contribution is 2.65. The molecule has 12 aromatic rings. The van der Waals surface area contributed by atoms with Crippen LogP contribution in [0.3, 0.4) is 0 Å². The molecule has 2 aliphatic carbocycles. The molecule has 0 unspecified atom stereocenters. The SMILES string of the molecule is c1ccc(N(c2ccccc2)c2ccc3c(c2)C2(c4cc(N(c5ccccc5)c5ccc6sc7ccccc7c6c5)ccc4-3)c3ccccc3C(c3ccccc3)(c3ccccc3)c3ccccc32)cc1. The van der Waals surface area contributed by atoms with E-state index < -0.39 is 10.8 Å². The Labute approximate surface area is 418 Å². The van der Waals surface area contributed by atoms with Gasteiger partial charge in [0.2, 0.25) is 0 Å². The lowest BCUT2D eigenvalue weighted by Gasteiger charge is -2.50. The summed E-state index contributed by atoms with van der Waals surface area (Å²) in [6.45, 7) is 0. The Balaban J connectivity index is 1.09. The summed E-state index contributed by atoms with van der Waals surface area (Å²) in [7, 11) is 0. The fourth-order valence-corrected chi connectivity index (χ4v) is 13.5. The molecule has 0 amide bonds. The van der Waals surface area contributed by atoms with Crippen molar-refractivity contribution in [3.05, 3.63) is 324 Å². The van der Waals surface area contributed by atoms with E-state index in [0.717, 1.165) is 34.1 Å². The van der Waals surface area contributed by atoms with Crippen LogP contribution in [0, 0.1) is 0 Å². The van der Waals surface area contributed by atoms with Gasteiger partial charge in [0.1, 0.15) is 0 Å². The number of fused-ring (bicyclic) bond motifs is 12. The van der Waals surface area contributed by atoms with Gasteiger partial charge in [0.15, 0.2) is 0 Å². The highest BCUT2D eigenvalue weighted by atomic mass is 32.1. The fourth-order valence-electron chi connectivity index (χ4n) is 12.4. The molecule has 0 fully saturated rings. The third kappa shape index (κ3) is 6.13. The second-order valence-corrected chi connectivity index (χ2v) is 19.8. The molecule has 0 bridgehead atoms. The lowest BCUT2D eigenvalue weighted by atomic mass is 9.51. The molecule has 2 aliphatic rings. The summed E-state index contributed by atoms with van der Waals surface area (Å²) >= 11 is 1.86. The van der Waals surface area contributed by atoms with Crippen LogP contribution in [0.2, 0.25) is 0 Å². The van der Waals surface area contributed by atoms with E-state index in [1.54, 1.807) is 0 Å². The predicted molar refractivity (Wildman–Crippen MR) is 298 cm³/mol. The zero-order valence-corrected chi connectivity index (χ0v) is 39.7. The zero-order valence-electron chi connectivity index (χ0n) is 38.9. The van der Waals surface area contributed by atoms with E-state index in [1.165, 1.54) is 75.8 Å². The molecule has 11 aromatic carbocycles. The lowest BCUT2D eigenvalue weighted by molar-refractivity contribution is 0.623. The summed E-state index contributed by atoms with van der Waals surface area (Å²) in [5.41, 5.74) is 17.9. The second-order valence-electron chi connectivity index (χ2n) is 18.7. The Kier molecular flexibility index (Phi) is 9.55. The third-order valence-corrected chi connectivity index (χ3v) is 16.3. The van der Waals surface area contributed by atoms with Gasteiger partial charge in [-0.1, -0.05) is 194 Å². The largest absolute Gasteiger partial charge is 0.310 e. The highest BCUT2D eigenvalue weighted by molar-refractivity contribution is 7.25. The normalized spacial score (nSPS) is 13.6. The van der Waals surface area contributed by atoms with Gasteiger partial charge in [-0.15, -0.1) is 11.3 Å². The molecule has 0 radical (unpaired) electrons. The van der Waals surface area contributed by atoms with Crippen molar-refractivity contribution >= 4 is 65.6 Å². The Morgan fingerprint density at radius 1 is 0.239 bits per heavy atom.